The Hall–Kier alpha value is -0.900. The molecule has 0 saturated heterocycles. The lowest BCUT2D eigenvalue weighted by Crippen LogP contribution is -2.39. The van der Waals surface area contributed by atoms with Crippen molar-refractivity contribution in [3.63, 3.8) is 0 Å². The molecule has 1 aliphatic rings. The molecule has 80 valence electrons. The lowest BCUT2D eigenvalue weighted by molar-refractivity contribution is -0.125. The molecular formula is C10H17NO3. The van der Waals surface area contributed by atoms with E-state index in [0.29, 0.717) is 0 Å². The van der Waals surface area contributed by atoms with Crippen LogP contribution in [-0.2, 0) is 14.3 Å². The minimum atomic E-state index is -0.0675. The van der Waals surface area contributed by atoms with Gasteiger partial charge in [-0.25, -0.2) is 0 Å². The van der Waals surface area contributed by atoms with Gasteiger partial charge in [0.1, 0.15) is 12.9 Å². The quantitative estimate of drug-likeness (QED) is 0.671. The Morgan fingerprint density at radius 1 is 1.43 bits per heavy atom. The third-order valence-electron chi connectivity index (χ3n) is 2.60. The number of carbonyl (C=O) groups excluding carboxylic acids is 2. The fraction of sp³-hybridized carbons (Fsp3) is 0.800. The summed E-state index contributed by atoms with van der Waals surface area (Å²) < 4.78 is 4.72. The van der Waals surface area contributed by atoms with Gasteiger partial charge in [-0.3, -0.25) is 4.79 Å². The monoisotopic (exact) mass is 199 g/mol. The van der Waals surface area contributed by atoms with Crippen LogP contribution >= 0.6 is 0 Å². The van der Waals surface area contributed by atoms with Crippen LogP contribution in [0.1, 0.15) is 25.7 Å². The predicted molar refractivity (Wildman–Crippen MR) is 51.8 cm³/mol. The first-order valence-electron chi connectivity index (χ1n) is 5.00. The van der Waals surface area contributed by atoms with Crippen molar-refractivity contribution in [3.05, 3.63) is 0 Å². The molecule has 1 N–H and O–H groups in total. The van der Waals surface area contributed by atoms with Crippen LogP contribution < -0.4 is 5.32 Å². The first-order chi connectivity index (χ1) is 6.76. The van der Waals surface area contributed by atoms with Crippen LogP contribution in [0.4, 0.5) is 0 Å². The second-order valence-corrected chi connectivity index (χ2v) is 3.75. The molecule has 1 fully saturated rings. The van der Waals surface area contributed by atoms with Gasteiger partial charge in [0.25, 0.3) is 0 Å². The highest BCUT2D eigenvalue weighted by Crippen LogP contribution is 2.22. The molecule has 0 bridgehead atoms. The summed E-state index contributed by atoms with van der Waals surface area (Å²) >= 11 is 0. The Bertz CT molecular complexity index is 198. The number of hydrogen-bond acceptors (Lipinski definition) is 3. The first-order valence-corrected chi connectivity index (χ1v) is 5.00. The van der Waals surface area contributed by atoms with Crippen molar-refractivity contribution in [3.8, 4) is 0 Å². The fourth-order valence-electron chi connectivity index (χ4n) is 1.80. The number of amides is 1. The molecule has 0 aromatic carbocycles. The first kappa shape index (κ1) is 11.2. The molecule has 1 aliphatic carbocycles. The minimum absolute atomic E-state index is 0.0675. The predicted octanol–water partition coefficient (Wildman–Crippen LogP) is 0.507. The number of hydrogen-bond donors (Lipinski definition) is 1. The summed E-state index contributed by atoms with van der Waals surface area (Å²) in [6.07, 6.45) is 4.60. The van der Waals surface area contributed by atoms with E-state index < -0.39 is 0 Å². The van der Waals surface area contributed by atoms with Crippen LogP contribution in [0.15, 0.2) is 0 Å². The Morgan fingerprint density at radius 2 is 2.07 bits per heavy atom. The van der Waals surface area contributed by atoms with E-state index in [1.807, 2.05) is 0 Å². The third kappa shape index (κ3) is 3.46. The van der Waals surface area contributed by atoms with E-state index in [-0.39, 0.29) is 24.5 Å². The normalized spacial score (nSPS) is 26.9. The largest absolute Gasteiger partial charge is 0.375 e. The molecule has 0 aliphatic heterocycles. The van der Waals surface area contributed by atoms with E-state index in [1.54, 1.807) is 0 Å². The van der Waals surface area contributed by atoms with Crippen molar-refractivity contribution in [2.45, 2.75) is 31.7 Å². The van der Waals surface area contributed by atoms with E-state index >= 15 is 0 Å². The second-order valence-electron chi connectivity index (χ2n) is 3.75. The van der Waals surface area contributed by atoms with E-state index in [0.717, 1.165) is 32.0 Å². The van der Waals surface area contributed by atoms with Gasteiger partial charge < -0.3 is 14.8 Å². The number of nitrogens with one attached hydrogen (secondary N) is 1. The number of carbonyl (C=O) groups is 2. The summed E-state index contributed by atoms with van der Waals surface area (Å²) in [4.78, 5) is 21.6. The minimum Gasteiger partial charge on any atom is -0.375 e. The van der Waals surface area contributed by atoms with Gasteiger partial charge in [0, 0.05) is 19.1 Å². The maximum Gasteiger partial charge on any atom is 0.246 e. The van der Waals surface area contributed by atoms with Crippen LogP contribution in [-0.4, -0.2) is 32.0 Å². The van der Waals surface area contributed by atoms with E-state index in [1.165, 1.54) is 7.11 Å². The maximum absolute atomic E-state index is 11.2. The van der Waals surface area contributed by atoms with E-state index in [9.17, 15) is 9.59 Å². The van der Waals surface area contributed by atoms with E-state index in [2.05, 4.69) is 5.32 Å². The van der Waals surface area contributed by atoms with Crippen molar-refractivity contribution in [1.29, 1.82) is 0 Å². The number of rotatable bonds is 4. The Balaban J connectivity index is 2.21. The number of methoxy groups -OCH3 is 1. The molecule has 4 nitrogen and oxygen atoms in total. The average Bonchev–Trinajstić information content (AvgIpc) is 2.19. The van der Waals surface area contributed by atoms with Gasteiger partial charge >= 0.3 is 0 Å². The van der Waals surface area contributed by atoms with Gasteiger partial charge in [-0.2, -0.15) is 0 Å². The molecule has 0 atom stereocenters. The van der Waals surface area contributed by atoms with Crippen molar-refractivity contribution in [2.75, 3.05) is 13.7 Å². The average molecular weight is 199 g/mol. The molecular weight excluding hydrogens is 182 g/mol. The summed E-state index contributed by atoms with van der Waals surface area (Å²) in [5.41, 5.74) is 0. The molecule has 0 radical (unpaired) electrons. The molecule has 4 heteroatoms. The Kier molecular flexibility index (Phi) is 4.59. The lowest BCUT2D eigenvalue weighted by atomic mass is 9.87. The molecule has 1 amide bonds. The summed E-state index contributed by atoms with van der Waals surface area (Å²) in [6, 6.07) is 0.230. The zero-order chi connectivity index (χ0) is 10.4. The van der Waals surface area contributed by atoms with E-state index in [4.69, 9.17) is 4.74 Å². The lowest BCUT2D eigenvalue weighted by Gasteiger charge is -2.26. The molecule has 1 saturated carbocycles. The van der Waals surface area contributed by atoms with Crippen LogP contribution in [0.5, 0.6) is 0 Å². The van der Waals surface area contributed by atoms with Gasteiger partial charge in [-0.15, -0.1) is 0 Å². The van der Waals surface area contributed by atoms with Gasteiger partial charge in [-0.05, 0) is 25.7 Å². The molecule has 14 heavy (non-hydrogen) atoms. The highest BCUT2D eigenvalue weighted by molar-refractivity contribution is 5.77. The molecule has 0 heterocycles. The van der Waals surface area contributed by atoms with Gasteiger partial charge in [0.15, 0.2) is 0 Å². The fourth-order valence-corrected chi connectivity index (χ4v) is 1.80. The van der Waals surface area contributed by atoms with Gasteiger partial charge in [0.05, 0.1) is 0 Å². The van der Waals surface area contributed by atoms with Crippen molar-refractivity contribution in [1.82, 2.24) is 5.32 Å². The molecule has 0 spiro atoms. The van der Waals surface area contributed by atoms with Crippen molar-refractivity contribution >= 4 is 12.2 Å². The molecule has 0 aromatic rings. The van der Waals surface area contributed by atoms with Crippen molar-refractivity contribution in [2.24, 2.45) is 5.92 Å². The highest BCUT2D eigenvalue weighted by atomic mass is 16.5. The zero-order valence-electron chi connectivity index (χ0n) is 8.49. The van der Waals surface area contributed by atoms with Crippen molar-refractivity contribution < 1.29 is 14.3 Å². The maximum atomic E-state index is 11.2. The summed E-state index contributed by atoms with van der Waals surface area (Å²) in [5, 5.41) is 2.88. The van der Waals surface area contributed by atoms with Crippen LogP contribution in [0.2, 0.25) is 0 Å². The standard InChI is InChI=1S/C10H17NO3/c1-14-7-10(13)11-9-4-2-8(6-12)3-5-9/h6,8-9H,2-5,7H2,1H3,(H,11,13). The highest BCUT2D eigenvalue weighted by Gasteiger charge is 2.21. The topological polar surface area (TPSA) is 55.4 Å². The summed E-state index contributed by atoms with van der Waals surface area (Å²) in [5.74, 6) is 0.132. The second kappa shape index (κ2) is 5.75. The smallest absolute Gasteiger partial charge is 0.246 e. The molecule has 0 aromatic heterocycles. The van der Waals surface area contributed by atoms with Gasteiger partial charge in [-0.1, -0.05) is 0 Å². The van der Waals surface area contributed by atoms with Gasteiger partial charge in [0.2, 0.25) is 5.91 Å². The number of ether oxygens (including phenoxy) is 1. The SMILES string of the molecule is COCC(=O)NC1CCC(C=O)CC1. The summed E-state index contributed by atoms with van der Waals surface area (Å²) in [6.45, 7) is 0.119. The zero-order valence-corrected chi connectivity index (χ0v) is 8.49. The van der Waals surface area contributed by atoms with Crippen LogP contribution in [0.3, 0.4) is 0 Å². The third-order valence-corrected chi connectivity index (χ3v) is 2.60. The Labute approximate surface area is 84.0 Å². The number of aldehydes is 1. The summed E-state index contributed by atoms with van der Waals surface area (Å²) in [7, 11) is 1.50. The van der Waals surface area contributed by atoms with Crippen LogP contribution in [0, 0.1) is 5.92 Å². The Morgan fingerprint density at radius 3 is 2.57 bits per heavy atom. The van der Waals surface area contributed by atoms with Crippen LogP contribution in [0.25, 0.3) is 0 Å². The molecule has 1 rings (SSSR count). The molecule has 0 unspecified atom stereocenters.